The van der Waals surface area contributed by atoms with Crippen LogP contribution in [0.3, 0.4) is 0 Å². The number of carboxylic acids is 1. The van der Waals surface area contributed by atoms with Gasteiger partial charge in [0.05, 0.1) is 6.10 Å². The van der Waals surface area contributed by atoms with Crippen LogP contribution in [0.25, 0.3) is 10.9 Å². The van der Waals surface area contributed by atoms with E-state index in [1.165, 1.54) is 0 Å². The lowest BCUT2D eigenvalue weighted by Gasteiger charge is -2.12. The lowest BCUT2D eigenvalue weighted by Crippen LogP contribution is -2.05. The van der Waals surface area contributed by atoms with Gasteiger partial charge in [0.15, 0.2) is 0 Å². The molecule has 0 saturated carbocycles. The van der Waals surface area contributed by atoms with Gasteiger partial charge in [-0.25, -0.2) is 0 Å². The molecule has 2 rings (SSSR count). The van der Waals surface area contributed by atoms with Crippen molar-refractivity contribution in [2.45, 2.75) is 45.6 Å². The standard InChI is InChI=1S/C16H21NO3/c1-10(2)20-12-5-6-15-13(8-12)14(9-17-15)11(3)4-7-16(18)19/h5-6,8-11,17H,4,7H2,1-3H3,(H,18,19). The van der Waals surface area contributed by atoms with Crippen molar-refractivity contribution in [1.29, 1.82) is 0 Å². The maximum atomic E-state index is 10.7. The van der Waals surface area contributed by atoms with Crippen molar-refractivity contribution in [3.05, 3.63) is 30.0 Å². The Balaban J connectivity index is 2.26. The number of hydrogen-bond donors (Lipinski definition) is 2. The first-order chi connectivity index (χ1) is 9.47. The van der Waals surface area contributed by atoms with Crippen LogP contribution in [0.5, 0.6) is 5.75 Å². The highest BCUT2D eigenvalue weighted by atomic mass is 16.5. The van der Waals surface area contributed by atoms with Crippen LogP contribution in [-0.4, -0.2) is 22.2 Å². The second-order valence-electron chi connectivity index (χ2n) is 5.45. The van der Waals surface area contributed by atoms with Gasteiger partial charge in [-0.05, 0) is 49.9 Å². The van der Waals surface area contributed by atoms with Crippen molar-refractivity contribution < 1.29 is 14.6 Å². The third kappa shape index (κ3) is 3.32. The Morgan fingerprint density at radius 2 is 2.10 bits per heavy atom. The largest absolute Gasteiger partial charge is 0.491 e. The molecule has 4 nitrogen and oxygen atoms in total. The van der Waals surface area contributed by atoms with E-state index in [2.05, 4.69) is 11.9 Å². The van der Waals surface area contributed by atoms with Crippen LogP contribution in [0.1, 0.15) is 45.1 Å². The molecule has 0 bridgehead atoms. The minimum Gasteiger partial charge on any atom is -0.491 e. The number of fused-ring (bicyclic) bond motifs is 1. The Bertz CT molecular complexity index is 601. The van der Waals surface area contributed by atoms with Crippen molar-refractivity contribution in [2.24, 2.45) is 0 Å². The van der Waals surface area contributed by atoms with E-state index in [-0.39, 0.29) is 18.4 Å². The van der Waals surface area contributed by atoms with Crippen molar-refractivity contribution in [2.75, 3.05) is 0 Å². The molecule has 1 aromatic carbocycles. The first-order valence-electron chi connectivity index (χ1n) is 6.97. The van der Waals surface area contributed by atoms with Gasteiger partial charge in [-0.2, -0.15) is 0 Å². The number of carboxylic acid groups (broad SMARTS) is 1. The SMILES string of the molecule is CC(C)Oc1ccc2[nH]cc(C(C)CCC(=O)O)c2c1. The summed E-state index contributed by atoms with van der Waals surface area (Å²) >= 11 is 0. The van der Waals surface area contributed by atoms with Crippen molar-refractivity contribution in [3.8, 4) is 5.75 Å². The molecule has 108 valence electrons. The van der Waals surface area contributed by atoms with Crippen molar-refractivity contribution in [1.82, 2.24) is 4.98 Å². The van der Waals surface area contributed by atoms with E-state index in [0.717, 1.165) is 22.2 Å². The van der Waals surface area contributed by atoms with E-state index in [4.69, 9.17) is 9.84 Å². The van der Waals surface area contributed by atoms with E-state index >= 15 is 0 Å². The van der Waals surface area contributed by atoms with Crippen LogP contribution in [0, 0.1) is 0 Å². The highest BCUT2D eigenvalue weighted by molar-refractivity contribution is 5.85. The zero-order chi connectivity index (χ0) is 14.7. The molecule has 0 aliphatic heterocycles. The summed E-state index contributed by atoms with van der Waals surface area (Å²) in [5, 5.41) is 9.90. The molecule has 2 aromatic rings. The Morgan fingerprint density at radius 3 is 2.75 bits per heavy atom. The van der Waals surface area contributed by atoms with E-state index in [9.17, 15) is 4.79 Å². The number of hydrogen-bond acceptors (Lipinski definition) is 2. The van der Waals surface area contributed by atoms with Gasteiger partial charge in [0, 0.05) is 23.5 Å². The van der Waals surface area contributed by atoms with Gasteiger partial charge in [-0.1, -0.05) is 6.92 Å². The quantitative estimate of drug-likeness (QED) is 0.839. The van der Waals surface area contributed by atoms with Crippen LogP contribution < -0.4 is 4.74 Å². The van der Waals surface area contributed by atoms with E-state index in [0.29, 0.717) is 6.42 Å². The molecule has 1 unspecified atom stereocenters. The fourth-order valence-corrected chi connectivity index (χ4v) is 2.37. The summed E-state index contributed by atoms with van der Waals surface area (Å²) in [6, 6.07) is 5.98. The fourth-order valence-electron chi connectivity index (χ4n) is 2.37. The number of ether oxygens (including phenoxy) is 1. The van der Waals surface area contributed by atoms with E-state index in [1.807, 2.05) is 38.2 Å². The Labute approximate surface area is 118 Å². The molecular weight excluding hydrogens is 254 g/mol. The van der Waals surface area contributed by atoms with Crippen molar-refractivity contribution >= 4 is 16.9 Å². The lowest BCUT2D eigenvalue weighted by atomic mass is 9.96. The third-order valence-electron chi connectivity index (χ3n) is 3.38. The second kappa shape index (κ2) is 5.99. The van der Waals surface area contributed by atoms with Crippen LogP contribution in [-0.2, 0) is 4.79 Å². The zero-order valence-corrected chi connectivity index (χ0v) is 12.1. The molecule has 1 heterocycles. The summed E-state index contributed by atoms with van der Waals surface area (Å²) in [7, 11) is 0. The van der Waals surface area contributed by atoms with E-state index in [1.54, 1.807) is 0 Å². The maximum absolute atomic E-state index is 10.7. The number of aromatic amines is 1. The highest BCUT2D eigenvalue weighted by Crippen LogP contribution is 2.31. The first kappa shape index (κ1) is 14.4. The van der Waals surface area contributed by atoms with Crippen LogP contribution in [0.2, 0.25) is 0 Å². The number of rotatable bonds is 6. The molecule has 4 heteroatoms. The molecule has 0 amide bonds. The number of benzene rings is 1. The van der Waals surface area contributed by atoms with Crippen LogP contribution in [0.15, 0.2) is 24.4 Å². The molecule has 1 atom stereocenters. The van der Waals surface area contributed by atoms with Crippen LogP contribution in [0.4, 0.5) is 0 Å². The van der Waals surface area contributed by atoms with E-state index < -0.39 is 5.97 Å². The average Bonchev–Trinajstić information content (AvgIpc) is 2.78. The predicted octanol–water partition coefficient (Wildman–Crippen LogP) is 3.92. The van der Waals surface area contributed by atoms with Gasteiger partial charge in [0.25, 0.3) is 0 Å². The molecule has 0 radical (unpaired) electrons. The molecule has 2 N–H and O–H groups in total. The molecule has 0 fully saturated rings. The fraction of sp³-hybridized carbons (Fsp3) is 0.438. The van der Waals surface area contributed by atoms with Crippen LogP contribution >= 0.6 is 0 Å². The van der Waals surface area contributed by atoms with Gasteiger partial charge in [-0.3, -0.25) is 4.79 Å². The predicted molar refractivity (Wildman–Crippen MR) is 79.3 cm³/mol. The molecular formula is C16H21NO3. The molecule has 0 saturated heterocycles. The normalized spacial score (nSPS) is 12.8. The van der Waals surface area contributed by atoms with Gasteiger partial charge >= 0.3 is 5.97 Å². The summed E-state index contributed by atoms with van der Waals surface area (Å²) in [5.74, 6) is 0.299. The van der Waals surface area contributed by atoms with Gasteiger partial charge in [-0.15, -0.1) is 0 Å². The van der Waals surface area contributed by atoms with Crippen molar-refractivity contribution in [3.63, 3.8) is 0 Å². The number of H-pyrrole nitrogens is 1. The Hall–Kier alpha value is -1.97. The highest BCUT2D eigenvalue weighted by Gasteiger charge is 2.13. The molecule has 1 aromatic heterocycles. The number of nitrogens with one attached hydrogen (secondary N) is 1. The second-order valence-corrected chi connectivity index (χ2v) is 5.45. The number of aliphatic carboxylic acids is 1. The summed E-state index contributed by atoms with van der Waals surface area (Å²) < 4.78 is 5.72. The topological polar surface area (TPSA) is 62.3 Å². The molecule has 20 heavy (non-hydrogen) atoms. The smallest absolute Gasteiger partial charge is 0.303 e. The average molecular weight is 275 g/mol. The maximum Gasteiger partial charge on any atom is 0.303 e. The first-order valence-corrected chi connectivity index (χ1v) is 6.97. The summed E-state index contributed by atoms with van der Waals surface area (Å²) in [6.45, 7) is 6.05. The molecule has 0 aliphatic rings. The lowest BCUT2D eigenvalue weighted by molar-refractivity contribution is -0.137. The van der Waals surface area contributed by atoms with Gasteiger partial charge < -0.3 is 14.8 Å². The zero-order valence-electron chi connectivity index (χ0n) is 12.1. The Kier molecular flexibility index (Phi) is 4.32. The Morgan fingerprint density at radius 1 is 1.35 bits per heavy atom. The monoisotopic (exact) mass is 275 g/mol. The summed E-state index contributed by atoms with van der Waals surface area (Å²) in [6.07, 6.45) is 2.93. The summed E-state index contributed by atoms with van der Waals surface area (Å²) in [4.78, 5) is 13.9. The number of aromatic nitrogens is 1. The van der Waals surface area contributed by atoms with Gasteiger partial charge in [0.2, 0.25) is 0 Å². The minimum atomic E-state index is -0.750. The van der Waals surface area contributed by atoms with Gasteiger partial charge in [0.1, 0.15) is 5.75 Å². The molecule has 0 spiro atoms. The number of carbonyl (C=O) groups is 1. The summed E-state index contributed by atoms with van der Waals surface area (Å²) in [5.41, 5.74) is 2.20. The third-order valence-corrected chi connectivity index (χ3v) is 3.38. The minimum absolute atomic E-state index is 0.138. The molecule has 0 aliphatic carbocycles.